The topological polar surface area (TPSA) is 111 Å². The van der Waals surface area contributed by atoms with Gasteiger partial charge in [-0.3, -0.25) is 9.59 Å². The second-order valence-corrected chi connectivity index (χ2v) is 12.8. The van der Waals surface area contributed by atoms with Crippen LogP contribution >= 0.6 is 0 Å². The minimum Gasteiger partial charge on any atom is -0.410 e. The summed E-state index contributed by atoms with van der Waals surface area (Å²) < 4.78 is 35.5. The number of para-hydroxylation sites is 1. The molecule has 1 heterocycles. The molecule has 5 aliphatic rings. The summed E-state index contributed by atoms with van der Waals surface area (Å²) in [5.74, 6) is -2.26. The molecule has 1 aliphatic heterocycles. The van der Waals surface area contributed by atoms with Crippen LogP contribution in [0.3, 0.4) is 0 Å². The van der Waals surface area contributed by atoms with Crippen LogP contribution in [0.1, 0.15) is 53.4 Å². The smallest absolute Gasteiger partial charge is 0.410 e. The highest BCUT2D eigenvalue weighted by Crippen LogP contribution is 2.72. The van der Waals surface area contributed by atoms with Gasteiger partial charge in [0.1, 0.15) is 5.75 Å². The summed E-state index contributed by atoms with van der Waals surface area (Å²) in [6, 6.07) is 8.51. The van der Waals surface area contributed by atoms with Crippen molar-refractivity contribution in [1.82, 2.24) is 5.32 Å². The predicted molar refractivity (Wildman–Crippen MR) is 142 cm³/mol. The van der Waals surface area contributed by atoms with E-state index in [-0.39, 0.29) is 24.7 Å². The first-order chi connectivity index (χ1) is 18.8. The Hall–Kier alpha value is -2.88. The van der Waals surface area contributed by atoms with Crippen molar-refractivity contribution < 1.29 is 38.1 Å². The van der Waals surface area contributed by atoms with Gasteiger partial charge in [0.05, 0.1) is 18.8 Å². The third kappa shape index (κ3) is 3.56. The van der Waals surface area contributed by atoms with Gasteiger partial charge in [-0.25, -0.2) is 9.18 Å². The lowest BCUT2D eigenvalue weighted by molar-refractivity contribution is -0.245. The monoisotopic (exact) mass is 553 g/mol. The van der Waals surface area contributed by atoms with E-state index in [4.69, 9.17) is 14.2 Å². The fourth-order valence-electron chi connectivity index (χ4n) is 8.72. The molecule has 2 N–H and O–H groups in total. The van der Waals surface area contributed by atoms with Crippen molar-refractivity contribution in [1.29, 1.82) is 0 Å². The number of amides is 1. The highest BCUT2D eigenvalue weighted by atomic mass is 19.1. The Morgan fingerprint density at radius 3 is 2.60 bits per heavy atom. The SMILES string of the molecule is CC1(C)O[C@H]2CC3C4CCC5=CC(=O)C=CC5(C)[C@@]4(F)[C@@H](O)CC3(C)[C@]2(C(=O)CNC(=O)Oc2ccccc2)O1. The zero-order chi connectivity index (χ0) is 28.7. The molecular formula is C31H36FNO7. The van der Waals surface area contributed by atoms with Crippen molar-refractivity contribution in [3.63, 3.8) is 0 Å². The summed E-state index contributed by atoms with van der Waals surface area (Å²) in [6.45, 7) is 6.74. The summed E-state index contributed by atoms with van der Waals surface area (Å²) in [5.41, 5.74) is -4.95. The summed E-state index contributed by atoms with van der Waals surface area (Å²) >= 11 is 0. The number of hydrogen-bond acceptors (Lipinski definition) is 7. The van der Waals surface area contributed by atoms with Crippen LogP contribution in [-0.2, 0) is 19.1 Å². The van der Waals surface area contributed by atoms with E-state index in [1.54, 1.807) is 57.2 Å². The van der Waals surface area contributed by atoms with Crippen molar-refractivity contribution in [3.8, 4) is 5.75 Å². The van der Waals surface area contributed by atoms with Gasteiger partial charge in [0.25, 0.3) is 0 Å². The highest BCUT2D eigenvalue weighted by molar-refractivity contribution is 6.01. The molecule has 8 nitrogen and oxygen atoms in total. The molecule has 8 atom stereocenters. The van der Waals surface area contributed by atoms with E-state index in [0.29, 0.717) is 30.6 Å². The van der Waals surface area contributed by atoms with Gasteiger partial charge in [-0.15, -0.1) is 0 Å². The van der Waals surface area contributed by atoms with Gasteiger partial charge in [-0.2, -0.15) is 0 Å². The number of hydrogen-bond donors (Lipinski definition) is 2. The van der Waals surface area contributed by atoms with Gasteiger partial charge < -0.3 is 24.6 Å². The zero-order valence-electron chi connectivity index (χ0n) is 23.2. The van der Waals surface area contributed by atoms with Gasteiger partial charge in [0, 0.05) is 16.7 Å². The minimum absolute atomic E-state index is 0.0362. The Kier molecular flexibility index (Phi) is 6.01. The maximum absolute atomic E-state index is 17.5. The number of rotatable bonds is 4. The average molecular weight is 554 g/mol. The van der Waals surface area contributed by atoms with E-state index >= 15 is 4.39 Å². The fourth-order valence-corrected chi connectivity index (χ4v) is 8.72. The Morgan fingerprint density at radius 1 is 1.15 bits per heavy atom. The van der Waals surface area contributed by atoms with Crippen LogP contribution in [-0.4, -0.2) is 58.6 Å². The molecule has 0 radical (unpaired) electrons. The Balaban J connectivity index is 1.32. The summed E-state index contributed by atoms with van der Waals surface area (Å²) in [5, 5.41) is 14.2. The Bertz CT molecular complexity index is 1330. The quantitative estimate of drug-likeness (QED) is 0.575. The molecule has 4 unspecified atom stereocenters. The van der Waals surface area contributed by atoms with E-state index in [2.05, 4.69) is 5.32 Å². The molecule has 4 fully saturated rings. The number of ether oxygens (including phenoxy) is 3. The van der Waals surface area contributed by atoms with Crippen molar-refractivity contribution in [3.05, 3.63) is 54.1 Å². The van der Waals surface area contributed by atoms with E-state index in [0.717, 1.165) is 0 Å². The molecule has 0 bridgehead atoms. The number of allylic oxidation sites excluding steroid dienone is 4. The first kappa shape index (κ1) is 27.3. The average Bonchev–Trinajstić information content (AvgIpc) is 3.30. The number of alkyl halides is 1. The molecule has 214 valence electrons. The van der Waals surface area contributed by atoms with Crippen LogP contribution in [0.5, 0.6) is 5.75 Å². The van der Waals surface area contributed by atoms with Crippen molar-refractivity contribution >= 4 is 17.7 Å². The van der Waals surface area contributed by atoms with E-state index in [9.17, 15) is 19.5 Å². The van der Waals surface area contributed by atoms with Crippen LogP contribution in [0.15, 0.2) is 54.1 Å². The number of carbonyl (C=O) groups is 3. The standard InChI is InChI=1S/C31H36FNO7/c1-27(2)39-25-15-22-21-11-10-18-14-19(34)12-13-28(18,3)30(21,32)23(35)16-29(22,4)31(25,40-27)24(36)17-33-26(37)38-20-8-6-5-7-9-20/h5-9,12-14,21-23,25,35H,10-11,15-17H2,1-4H3,(H,33,37)/t21?,22?,23-,25-,28?,29?,30-,31+/m0/s1. The molecule has 1 amide bonds. The molecule has 0 spiro atoms. The van der Waals surface area contributed by atoms with Crippen LogP contribution in [0.4, 0.5) is 9.18 Å². The zero-order valence-corrected chi connectivity index (χ0v) is 23.2. The molecular weight excluding hydrogens is 517 g/mol. The maximum atomic E-state index is 17.5. The minimum atomic E-state index is -2.03. The Labute approximate surface area is 232 Å². The number of benzene rings is 1. The van der Waals surface area contributed by atoms with Crippen LogP contribution in [0.25, 0.3) is 0 Å². The second kappa shape index (κ2) is 8.81. The van der Waals surface area contributed by atoms with Gasteiger partial charge in [-0.05, 0) is 76.7 Å². The third-order valence-electron chi connectivity index (χ3n) is 10.4. The second-order valence-electron chi connectivity index (χ2n) is 12.8. The summed E-state index contributed by atoms with van der Waals surface area (Å²) in [7, 11) is 0. The third-order valence-corrected chi connectivity index (χ3v) is 10.4. The first-order valence-corrected chi connectivity index (χ1v) is 14.0. The molecule has 40 heavy (non-hydrogen) atoms. The number of aliphatic hydroxyl groups is 1. The molecule has 1 saturated heterocycles. The van der Waals surface area contributed by atoms with Crippen LogP contribution < -0.4 is 10.1 Å². The van der Waals surface area contributed by atoms with E-state index in [1.165, 1.54) is 12.2 Å². The van der Waals surface area contributed by atoms with Gasteiger partial charge >= 0.3 is 6.09 Å². The molecule has 6 rings (SSSR count). The predicted octanol–water partition coefficient (Wildman–Crippen LogP) is 4.22. The lowest BCUT2D eigenvalue weighted by Gasteiger charge is -2.62. The largest absolute Gasteiger partial charge is 0.412 e. The van der Waals surface area contributed by atoms with E-state index in [1.807, 2.05) is 6.92 Å². The molecule has 4 aliphatic carbocycles. The maximum Gasteiger partial charge on any atom is 0.412 e. The number of carbonyl (C=O) groups excluding carboxylic acids is 3. The van der Waals surface area contributed by atoms with Gasteiger partial charge in [0.2, 0.25) is 0 Å². The Morgan fingerprint density at radius 2 is 1.88 bits per heavy atom. The molecule has 3 saturated carbocycles. The van der Waals surface area contributed by atoms with E-state index < -0.39 is 57.9 Å². The molecule has 9 heteroatoms. The lowest BCUT2D eigenvalue weighted by Crippen LogP contribution is -2.70. The highest BCUT2D eigenvalue weighted by Gasteiger charge is 2.80. The van der Waals surface area contributed by atoms with Crippen LogP contribution in [0, 0.1) is 22.7 Å². The van der Waals surface area contributed by atoms with Gasteiger partial charge in [-0.1, -0.05) is 36.8 Å². The number of fused-ring (bicyclic) bond motifs is 7. The summed E-state index contributed by atoms with van der Waals surface area (Å²) in [4.78, 5) is 38.7. The molecule has 1 aromatic rings. The first-order valence-electron chi connectivity index (χ1n) is 14.0. The molecule has 0 aromatic heterocycles. The van der Waals surface area contributed by atoms with Crippen molar-refractivity contribution in [2.45, 2.75) is 82.6 Å². The van der Waals surface area contributed by atoms with Crippen molar-refractivity contribution in [2.75, 3.05) is 6.54 Å². The van der Waals surface area contributed by atoms with Crippen LogP contribution in [0.2, 0.25) is 0 Å². The number of halogens is 1. The number of Topliss-reactive ketones (excluding diaryl/α,β-unsaturated/α-hetero) is 1. The van der Waals surface area contributed by atoms with Crippen molar-refractivity contribution in [2.24, 2.45) is 22.7 Å². The van der Waals surface area contributed by atoms with Gasteiger partial charge in [0.15, 0.2) is 28.6 Å². The number of aliphatic hydroxyl groups excluding tert-OH is 1. The normalized spacial score (nSPS) is 42.6. The molecule has 1 aromatic carbocycles. The lowest BCUT2D eigenvalue weighted by atomic mass is 9.44. The summed E-state index contributed by atoms with van der Waals surface area (Å²) in [6.07, 6.45) is 2.90. The fraction of sp³-hybridized carbons (Fsp3) is 0.581. The number of ketones is 2. The number of nitrogens with one attached hydrogen (secondary N) is 1.